The van der Waals surface area contributed by atoms with Crippen molar-refractivity contribution in [3.05, 3.63) is 34.9 Å². The number of carbonyl (C=O) groups excluding carboxylic acids is 4. The van der Waals surface area contributed by atoms with Gasteiger partial charge < -0.3 is 9.64 Å². The Hall–Kier alpha value is -2.70. The van der Waals surface area contributed by atoms with Crippen LogP contribution in [0.15, 0.2) is 18.2 Å². The number of nitrogens with zero attached hydrogens (tertiary/aromatic N) is 2. The number of imide groups is 1. The lowest BCUT2D eigenvalue weighted by atomic mass is 10.1. The number of carbonyl (C=O) groups is 4. The van der Waals surface area contributed by atoms with Gasteiger partial charge in [-0.1, -0.05) is 13.8 Å². The molecule has 0 N–H and O–H groups in total. The summed E-state index contributed by atoms with van der Waals surface area (Å²) in [4.78, 5) is 53.3. The Bertz CT molecular complexity index is 836. The van der Waals surface area contributed by atoms with Crippen LogP contribution in [0.1, 0.15) is 86.0 Å². The Labute approximate surface area is 178 Å². The number of rotatable bonds is 8. The molecule has 0 fully saturated rings. The van der Waals surface area contributed by atoms with Crippen LogP contribution in [0.2, 0.25) is 0 Å². The van der Waals surface area contributed by atoms with Gasteiger partial charge in [0.05, 0.1) is 16.7 Å². The van der Waals surface area contributed by atoms with Crippen LogP contribution in [0.5, 0.6) is 0 Å². The van der Waals surface area contributed by atoms with Gasteiger partial charge in [-0.15, -0.1) is 0 Å². The second kappa shape index (κ2) is 9.41. The molecule has 1 aliphatic heterocycles. The third-order valence-electron chi connectivity index (χ3n) is 5.14. The zero-order valence-electron chi connectivity index (χ0n) is 18.9. The van der Waals surface area contributed by atoms with Crippen molar-refractivity contribution in [2.24, 2.45) is 5.92 Å². The molecule has 0 aliphatic carbocycles. The first-order chi connectivity index (χ1) is 14.0. The smallest absolute Gasteiger partial charge is 0.338 e. The van der Waals surface area contributed by atoms with E-state index in [0.29, 0.717) is 18.9 Å². The van der Waals surface area contributed by atoms with E-state index in [-0.39, 0.29) is 40.6 Å². The van der Waals surface area contributed by atoms with E-state index >= 15 is 0 Å². The molecule has 164 valence electrons. The number of esters is 1. The number of ether oxygens (including phenoxy) is 1. The normalized spacial score (nSPS) is 14.5. The molecule has 0 unspecified atom stereocenters. The molecular formula is C23H32N2O5. The number of fused-ring (bicyclic) bond motifs is 1. The molecular weight excluding hydrogens is 384 g/mol. The highest BCUT2D eigenvalue weighted by atomic mass is 16.5. The molecule has 7 nitrogen and oxygen atoms in total. The minimum absolute atomic E-state index is 0.0286. The van der Waals surface area contributed by atoms with Crippen LogP contribution in [-0.2, 0) is 9.53 Å². The summed E-state index contributed by atoms with van der Waals surface area (Å²) in [6, 6.07) is 4.26. The molecule has 7 heteroatoms. The van der Waals surface area contributed by atoms with Crippen LogP contribution in [0.3, 0.4) is 0 Å². The van der Waals surface area contributed by atoms with Crippen LogP contribution in [-0.4, -0.2) is 58.2 Å². The number of hydrogen-bond acceptors (Lipinski definition) is 5. The van der Waals surface area contributed by atoms with E-state index in [1.165, 1.54) is 30.0 Å². The summed E-state index contributed by atoms with van der Waals surface area (Å²) in [5, 5.41) is 0. The molecule has 1 atom stereocenters. The molecule has 1 aliphatic rings. The number of hydrogen-bond donors (Lipinski definition) is 0. The molecule has 0 bridgehead atoms. The van der Waals surface area contributed by atoms with Crippen molar-refractivity contribution >= 4 is 23.7 Å². The fourth-order valence-electron chi connectivity index (χ4n) is 3.60. The SMILES string of the molecule is CC(C)CCN1C(=O)c2ccc(C(=O)O[C@H](C)C(=O)N(C(C)C)C(C)C)cc2C1=O. The highest BCUT2D eigenvalue weighted by molar-refractivity contribution is 6.22. The van der Waals surface area contributed by atoms with Gasteiger partial charge in [-0.3, -0.25) is 19.3 Å². The van der Waals surface area contributed by atoms with Crippen molar-refractivity contribution in [2.45, 2.75) is 73.1 Å². The van der Waals surface area contributed by atoms with Crippen LogP contribution in [0.25, 0.3) is 0 Å². The van der Waals surface area contributed by atoms with E-state index in [2.05, 4.69) is 0 Å². The Morgan fingerprint density at radius 3 is 2.03 bits per heavy atom. The summed E-state index contributed by atoms with van der Waals surface area (Å²) in [5.74, 6) is -1.37. The van der Waals surface area contributed by atoms with Gasteiger partial charge in [0.15, 0.2) is 6.10 Å². The molecule has 0 saturated heterocycles. The maximum absolute atomic E-state index is 12.7. The Morgan fingerprint density at radius 2 is 1.50 bits per heavy atom. The van der Waals surface area contributed by atoms with E-state index in [4.69, 9.17) is 4.74 Å². The van der Waals surface area contributed by atoms with E-state index < -0.39 is 18.0 Å². The molecule has 0 spiro atoms. The summed E-state index contributed by atoms with van der Waals surface area (Å²) in [7, 11) is 0. The second-order valence-electron chi connectivity index (χ2n) is 8.69. The average Bonchev–Trinajstić information content (AvgIpc) is 2.89. The van der Waals surface area contributed by atoms with Gasteiger partial charge in [-0.2, -0.15) is 0 Å². The van der Waals surface area contributed by atoms with Gasteiger partial charge >= 0.3 is 5.97 Å². The monoisotopic (exact) mass is 416 g/mol. The molecule has 1 aromatic carbocycles. The fourth-order valence-corrected chi connectivity index (χ4v) is 3.60. The Morgan fingerprint density at radius 1 is 0.933 bits per heavy atom. The largest absolute Gasteiger partial charge is 0.449 e. The van der Waals surface area contributed by atoms with E-state index in [0.717, 1.165) is 0 Å². The van der Waals surface area contributed by atoms with Crippen molar-refractivity contribution in [1.29, 1.82) is 0 Å². The van der Waals surface area contributed by atoms with Crippen LogP contribution >= 0.6 is 0 Å². The summed E-state index contributed by atoms with van der Waals surface area (Å²) < 4.78 is 5.37. The molecule has 2 rings (SSSR count). The highest BCUT2D eigenvalue weighted by Crippen LogP contribution is 2.25. The Balaban J connectivity index is 2.16. The van der Waals surface area contributed by atoms with Gasteiger partial charge in [0.2, 0.25) is 0 Å². The lowest BCUT2D eigenvalue weighted by molar-refractivity contribution is -0.143. The van der Waals surface area contributed by atoms with E-state index in [9.17, 15) is 19.2 Å². The zero-order chi connectivity index (χ0) is 22.7. The minimum Gasteiger partial charge on any atom is -0.449 e. The lowest BCUT2D eigenvalue weighted by Gasteiger charge is -2.32. The summed E-state index contributed by atoms with van der Waals surface area (Å²) in [6.07, 6.45) is -0.252. The Kier molecular flexibility index (Phi) is 7.39. The molecule has 3 amide bonds. The topological polar surface area (TPSA) is 84.0 Å². The lowest BCUT2D eigenvalue weighted by Crippen LogP contribution is -2.47. The first-order valence-corrected chi connectivity index (χ1v) is 10.5. The molecule has 1 heterocycles. The van der Waals surface area contributed by atoms with E-state index in [1.807, 2.05) is 41.5 Å². The maximum atomic E-state index is 12.7. The van der Waals surface area contributed by atoms with Gasteiger partial charge in [0, 0.05) is 18.6 Å². The van der Waals surface area contributed by atoms with Crippen molar-refractivity contribution in [1.82, 2.24) is 9.80 Å². The molecule has 1 aromatic rings. The fraction of sp³-hybridized carbons (Fsp3) is 0.565. The minimum atomic E-state index is -0.963. The van der Waals surface area contributed by atoms with Crippen LogP contribution in [0, 0.1) is 5.92 Å². The first kappa shape index (κ1) is 23.6. The first-order valence-electron chi connectivity index (χ1n) is 10.5. The summed E-state index contributed by atoms with van der Waals surface area (Å²) in [5.41, 5.74) is 0.624. The van der Waals surface area contributed by atoms with Gasteiger partial charge in [0.1, 0.15) is 0 Å². The van der Waals surface area contributed by atoms with Crippen LogP contribution < -0.4 is 0 Å². The van der Waals surface area contributed by atoms with E-state index in [1.54, 1.807) is 4.90 Å². The number of benzene rings is 1. The van der Waals surface area contributed by atoms with Crippen molar-refractivity contribution in [3.8, 4) is 0 Å². The van der Waals surface area contributed by atoms with Crippen molar-refractivity contribution in [3.63, 3.8) is 0 Å². The second-order valence-corrected chi connectivity index (χ2v) is 8.69. The number of amides is 3. The van der Waals surface area contributed by atoms with Crippen molar-refractivity contribution < 1.29 is 23.9 Å². The highest BCUT2D eigenvalue weighted by Gasteiger charge is 2.36. The van der Waals surface area contributed by atoms with Gasteiger partial charge in [-0.05, 0) is 65.2 Å². The standard InChI is InChI=1S/C23H32N2O5/c1-13(2)10-11-24-21(27)18-9-8-17(12-19(18)22(24)28)23(29)30-16(7)20(26)25(14(3)4)15(5)6/h8-9,12-16H,10-11H2,1-7H3/t16-/m1/s1. The average molecular weight is 417 g/mol. The third-order valence-corrected chi connectivity index (χ3v) is 5.14. The predicted octanol–water partition coefficient (Wildman–Crippen LogP) is 3.52. The van der Waals surface area contributed by atoms with Crippen molar-refractivity contribution in [2.75, 3.05) is 6.54 Å². The van der Waals surface area contributed by atoms with Gasteiger partial charge in [0.25, 0.3) is 17.7 Å². The molecule has 30 heavy (non-hydrogen) atoms. The van der Waals surface area contributed by atoms with Crippen LogP contribution in [0.4, 0.5) is 0 Å². The quantitative estimate of drug-likeness (QED) is 0.478. The third kappa shape index (κ3) is 4.89. The molecule has 0 aromatic heterocycles. The zero-order valence-corrected chi connectivity index (χ0v) is 18.9. The summed E-state index contributed by atoms with van der Waals surface area (Å²) in [6.45, 7) is 13.5. The molecule has 0 radical (unpaired) electrons. The summed E-state index contributed by atoms with van der Waals surface area (Å²) >= 11 is 0. The molecule has 0 saturated carbocycles. The predicted molar refractivity (Wildman–Crippen MR) is 113 cm³/mol. The van der Waals surface area contributed by atoms with Gasteiger partial charge in [-0.25, -0.2) is 4.79 Å². The maximum Gasteiger partial charge on any atom is 0.338 e.